The summed E-state index contributed by atoms with van der Waals surface area (Å²) in [5, 5.41) is 3.19. The van der Waals surface area contributed by atoms with E-state index in [2.05, 4.69) is 25.1 Å². The van der Waals surface area contributed by atoms with Gasteiger partial charge < -0.3 is 10.2 Å². The van der Waals surface area contributed by atoms with Gasteiger partial charge in [-0.3, -0.25) is 24.0 Å². The fraction of sp³-hybridized carbons (Fsp3) is 0.429. The standard InChI is InChI=1S/C21H24N6O3S/c1-22-18(28)17-5-4-14(11-23-17)26-8-6-25(7-9-26)12-15-10-16-19(31-15)24-21(30)27(20(16)29)13-2-3-13/h4-5,10-11,13H,2-3,6-9,12H2,1H3,(H,22,28)(H,24,30). The van der Waals surface area contributed by atoms with E-state index >= 15 is 0 Å². The third-order valence-corrected chi connectivity index (χ3v) is 6.94. The van der Waals surface area contributed by atoms with Gasteiger partial charge in [0.1, 0.15) is 10.5 Å². The van der Waals surface area contributed by atoms with E-state index in [1.54, 1.807) is 19.3 Å². The topological polar surface area (TPSA) is 103 Å². The van der Waals surface area contributed by atoms with Gasteiger partial charge in [-0.15, -0.1) is 11.3 Å². The molecule has 3 aromatic heterocycles. The Kier molecular flexibility index (Phi) is 5.11. The number of piperazine rings is 1. The highest BCUT2D eigenvalue weighted by Crippen LogP contribution is 2.33. The van der Waals surface area contributed by atoms with Gasteiger partial charge in [0, 0.05) is 50.7 Å². The molecule has 5 rings (SSSR count). The lowest BCUT2D eigenvalue weighted by molar-refractivity contribution is 0.0958. The molecule has 2 N–H and O–H groups in total. The fourth-order valence-corrected chi connectivity index (χ4v) is 5.12. The number of hydrogen-bond acceptors (Lipinski definition) is 7. The highest BCUT2D eigenvalue weighted by molar-refractivity contribution is 7.18. The summed E-state index contributed by atoms with van der Waals surface area (Å²) < 4.78 is 1.38. The highest BCUT2D eigenvalue weighted by Gasteiger charge is 2.28. The molecule has 0 spiro atoms. The zero-order valence-corrected chi connectivity index (χ0v) is 18.1. The van der Waals surface area contributed by atoms with Crippen LogP contribution in [0.5, 0.6) is 0 Å². The molecule has 3 aromatic rings. The molecule has 162 valence electrons. The van der Waals surface area contributed by atoms with Crippen molar-refractivity contribution in [2.24, 2.45) is 0 Å². The Morgan fingerprint density at radius 3 is 2.65 bits per heavy atom. The maximum atomic E-state index is 12.7. The Bertz CT molecular complexity index is 1230. The summed E-state index contributed by atoms with van der Waals surface area (Å²) in [5.74, 6) is -0.190. The van der Waals surface area contributed by atoms with E-state index < -0.39 is 0 Å². The zero-order chi connectivity index (χ0) is 21.5. The summed E-state index contributed by atoms with van der Waals surface area (Å²) in [5.41, 5.74) is 0.958. The Hall–Kier alpha value is -2.98. The second kappa shape index (κ2) is 7.93. The van der Waals surface area contributed by atoms with E-state index in [1.807, 2.05) is 12.1 Å². The van der Waals surface area contributed by atoms with Crippen molar-refractivity contribution in [3.05, 3.63) is 55.8 Å². The average molecular weight is 441 g/mol. The van der Waals surface area contributed by atoms with Crippen molar-refractivity contribution in [2.75, 3.05) is 38.1 Å². The van der Waals surface area contributed by atoms with Crippen LogP contribution in [0.15, 0.2) is 34.0 Å². The average Bonchev–Trinajstić information content (AvgIpc) is 3.53. The van der Waals surface area contributed by atoms with Crippen LogP contribution in [0.2, 0.25) is 0 Å². The smallest absolute Gasteiger partial charge is 0.329 e. The van der Waals surface area contributed by atoms with Gasteiger partial charge in [0.05, 0.1) is 17.3 Å². The molecule has 10 heteroatoms. The predicted octanol–water partition coefficient (Wildman–Crippen LogP) is 1.16. The molecule has 1 amide bonds. The van der Waals surface area contributed by atoms with Gasteiger partial charge in [0.25, 0.3) is 11.5 Å². The predicted molar refractivity (Wildman–Crippen MR) is 120 cm³/mol. The van der Waals surface area contributed by atoms with Crippen LogP contribution in [-0.4, -0.2) is 58.6 Å². The number of hydrogen-bond donors (Lipinski definition) is 2. The van der Waals surface area contributed by atoms with Crippen molar-refractivity contribution >= 4 is 33.1 Å². The molecule has 9 nitrogen and oxygen atoms in total. The largest absolute Gasteiger partial charge is 0.368 e. The molecular formula is C21H24N6O3S. The number of carbonyl (C=O) groups is 1. The zero-order valence-electron chi connectivity index (χ0n) is 17.3. The fourth-order valence-electron chi connectivity index (χ4n) is 4.04. The number of nitrogens with one attached hydrogen (secondary N) is 2. The molecule has 1 aliphatic heterocycles. The van der Waals surface area contributed by atoms with Crippen LogP contribution in [0.4, 0.5) is 5.69 Å². The summed E-state index contributed by atoms with van der Waals surface area (Å²) in [4.78, 5) is 50.1. The number of H-pyrrole nitrogens is 1. The van der Waals surface area contributed by atoms with Gasteiger partial charge in [0.2, 0.25) is 0 Å². The summed E-state index contributed by atoms with van der Waals surface area (Å²) in [7, 11) is 1.59. The number of aromatic nitrogens is 3. The molecule has 1 saturated heterocycles. The molecule has 4 heterocycles. The number of nitrogens with zero attached hydrogens (tertiary/aromatic N) is 4. The molecule has 1 aliphatic carbocycles. The maximum absolute atomic E-state index is 12.7. The van der Waals surface area contributed by atoms with Crippen LogP contribution in [0.25, 0.3) is 10.2 Å². The molecule has 0 radical (unpaired) electrons. The van der Waals surface area contributed by atoms with E-state index in [1.165, 1.54) is 15.9 Å². The minimum Gasteiger partial charge on any atom is -0.368 e. The monoisotopic (exact) mass is 440 g/mol. The Labute approximate surface area is 182 Å². The lowest BCUT2D eigenvalue weighted by Crippen LogP contribution is -2.45. The first-order chi connectivity index (χ1) is 15.0. The third kappa shape index (κ3) is 3.88. The van der Waals surface area contributed by atoms with Gasteiger partial charge in [-0.2, -0.15) is 0 Å². The number of anilines is 1. The molecule has 0 unspecified atom stereocenters. The number of thiophene rings is 1. The van der Waals surface area contributed by atoms with Crippen LogP contribution in [0, 0.1) is 0 Å². The van der Waals surface area contributed by atoms with Crippen molar-refractivity contribution < 1.29 is 4.79 Å². The molecular weight excluding hydrogens is 416 g/mol. The molecule has 0 atom stereocenters. The minimum atomic E-state index is -0.293. The molecule has 31 heavy (non-hydrogen) atoms. The molecule has 1 saturated carbocycles. The third-order valence-electron chi connectivity index (χ3n) is 5.91. The van der Waals surface area contributed by atoms with Gasteiger partial charge in [-0.05, 0) is 31.0 Å². The molecule has 0 aromatic carbocycles. The van der Waals surface area contributed by atoms with Crippen molar-refractivity contribution in [3.63, 3.8) is 0 Å². The summed E-state index contributed by atoms with van der Waals surface area (Å²) in [6, 6.07) is 5.68. The van der Waals surface area contributed by atoms with Crippen LogP contribution in [0.1, 0.15) is 34.2 Å². The normalized spacial score (nSPS) is 17.3. The van der Waals surface area contributed by atoms with E-state index in [9.17, 15) is 14.4 Å². The molecule has 2 fully saturated rings. The Morgan fingerprint density at radius 1 is 1.23 bits per heavy atom. The minimum absolute atomic E-state index is 0.0667. The van der Waals surface area contributed by atoms with Crippen LogP contribution in [-0.2, 0) is 6.54 Å². The maximum Gasteiger partial charge on any atom is 0.329 e. The first-order valence-corrected chi connectivity index (χ1v) is 11.3. The number of rotatable bonds is 5. The first-order valence-electron chi connectivity index (χ1n) is 10.5. The van der Waals surface area contributed by atoms with Gasteiger partial charge in [-0.1, -0.05) is 0 Å². The molecule has 2 aliphatic rings. The van der Waals surface area contributed by atoms with E-state index in [0.717, 1.165) is 56.1 Å². The Balaban J connectivity index is 1.25. The van der Waals surface area contributed by atoms with E-state index in [4.69, 9.17) is 0 Å². The van der Waals surface area contributed by atoms with Crippen LogP contribution in [0.3, 0.4) is 0 Å². The van der Waals surface area contributed by atoms with Gasteiger partial charge in [0.15, 0.2) is 0 Å². The number of aromatic amines is 1. The van der Waals surface area contributed by atoms with Crippen molar-refractivity contribution in [3.8, 4) is 0 Å². The summed E-state index contributed by atoms with van der Waals surface area (Å²) >= 11 is 1.49. The van der Waals surface area contributed by atoms with Crippen LogP contribution < -0.4 is 21.5 Å². The number of carbonyl (C=O) groups excluding carboxylic acids is 1. The first kappa shape index (κ1) is 20.0. The van der Waals surface area contributed by atoms with E-state index in [0.29, 0.717) is 15.9 Å². The second-order valence-electron chi connectivity index (χ2n) is 8.04. The lowest BCUT2D eigenvalue weighted by atomic mass is 10.2. The SMILES string of the molecule is CNC(=O)c1ccc(N2CCN(Cc3cc4c(=O)n(C5CC5)c(=O)[nH]c4s3)CC2)cn1. The van der Waals surface area contributed by atoms with Crippen molar-refractivity contribution in [1.82, 2.24) is 24.8 Å². The van der Waals surface area contributed by atoms with Gasteiger partial charge >= 0.3 is 5.69 Å². The Morgan fingerprint density at radius 2 is 2.00 bits per heavy atom. The molecule has 0 bridgehead atoms. The lowest BCUT2D eigenvalue weighted by Gasteiger charge is -2.35. The van der Waals surface area contributed by atoms with Crippen LogP contribution >= 0.6 is 11.3 Å². The quantitative estimate of drug-likeness (QED) is 0.617. The summed E-state index contributed by atoms with van der Waals surface area (Å²) in [6.45, 7) is 4.24. The van der Waals surface area contributed by atoms with E-state index in [-0.39, 0.29) is 23.2 Å². The summed E-state index contributed by atoms with van der Waals surface area (Å²) in [6.07, 6.45) is 3.55. The number of amides is 1. The number of pyridine rings is 1. The van der Waals surface area contributed by atoms with Crippen molar-refractivity contribution in [1.29, 1.82) is 0 Å². The second-order valence-corrected chi connectivity index (χ2v) is 9.17. The highest BCUT2D eigenvalue weighted by atomic mass is 32.1. The van der Waals surface area contributed by atoms with Gasteiger partial charge in [-0.25, -0.2) is 9.78 Å². The number of fused-ring (bicyclic) bond motifs is 1. The van der Waals surface area contributed by atoms with Crippen molar-refractivity contribution in [2.45, 2.75) is 25.4 Å².